The Kier molecular flexibility index (Phi) is 5.42. The van der Waals surface area contributed by atoms with E-state index in [1.165, 1.54) is 5.56 Å². The molecular weight excluding hydrogens is 282 g/mol. The first-order valence-electron chi connectivity index (χ1n) is 7.64. The number of aliphatic hydroxyl groups excluding tert-OH is 1. The van der Waals surface area contributed by atoms with Crippen LogP contribution in [-0.4, -0.2) is 30.1 Å². The maximum absolute atomic E-state index is 11.7. The van der Waals surface area contributed by atoms with E-state index in [1.807, 2.05) is 39.0 Å². The highest BCUT2D eigenvalue weighted by Crippen LogP contribution is 2.48. The van der Waals surface area contributed by atoms with Crippen LogP contribution in [0.4, 0.5) is 4.79 Å². The van der Waals surface area contributed by atoms with Gasteiger partial charge in [0, 0.05) is 6.54 Å². The summed E-state index contributed by atoms with van der Waals surface area (Å²) in [5.74, 6) is 0.872. The molecule has 0 aromatic heterocycles. The molecule has 5 nitrogen and oxygen atoms in total. The van der Waals surface area contributed by atoms with Crippen LogP contribution in [0.5, 0.6) is 0 Å². The lowest BCUT2D eigenvalue weighted by Crippen LogP contribution is -2.33. The molecule has 0 spiro atoms. The second-order valence-corrected chi connectivity index (χ2v) is 6.66. The smallest absolute Gasteiger partial charge is 0.407 e. The van der Waals surface area contributed by atoms with Crippen LogP contribution in [-0.2, 0) is 16.1 Å². The molecule has 1 amide bonds. The summed E-state index contributed by atoms with van der Waals surface area (Å²) in [4.78, 5) is 11.7. The molecule has 0 aliphatic heterocycles. The Balaban J connectivity index is 1.84. The number of ether oxygens (including phenoxy) is 2. The summed E-state index contributed by atoms with van der Waals surface area (Å²) < 4.78 is 10.3. The highest BCUT2D eigenvalue weighted by Gasteiger charge is 2.39. The summed E-state index contributed by atoms with van der Waals surface area (Å²) in [5, 5.41) is 11.6. The molecule has 122 valence electrons. The molecule has 0 unspecified atom stereocenters. The zero-order chi connectivity index (χ0) is 16.2. The SMILES string of the molecule is CC(C)(C)OC(=O)NC[C@H]1C[C@@H]1c1ccccc1COCO. The molecule has 2 rings (SSSR count). The number of alkyl carbamates (subject to hydrolysis) is 1. The van der Waals surface area contributed by atoms with E-state index in [2.05, 4.69) is 11.4 Å². The van der Waals surface area contributed by atoms with Crippen LogP contribution < -0.4 is 5.32 Å². The zero-order valence-corrected chi connectivity index (χ0v) is 13.5. The second-order valence-electron chi connectivity index (χ2n) is 6.66. The van der Waals surface area contributed by atoms with Gasteiger partial charge in [-0.3, -0.25) is 0 Å². The van der Waals surface area contributed by atoms with Crippen molar-refractivity contribution >= 4 is 6.09 Å². The fraction of sp³-hybridized carbons (Fsp3) is 0.588. The predicted molar refractivity (Wildman–Crippen MR) is 83.4 cm³/mol. The average molecular weight is 307 g/mol. The predicted octanol–water partition coefficient (Wildman–Crippen LogP) is 2.78. The van der Waals surface area contributed by atoms with E-state index in [0.29, 0.717) is 25.0 Å². The third kappa shape index (κ3) is 5.00. The highest BCUT2D eigenvalue weighted by molar-refractivity contribution is 5.67. The minimum atomic E-state index is -0.471. The topological polar surface area (TPSA) is 67.8 Å². The van der Waals surface area contributed by atoms with Crippen LogP contribution in [0.3, 0.4) is 0 Å². The average Bonchev–Trinajstić information content (AvgIpc) is 3.21. The Hall–Kier alpha value is -1.59. The molecule has 0 saturated heterocycles. The van der Waals surface area contributed by atoms with Crippen molar-refractivity contribution in [1.29, 1.82) is 0 Å². The summed E-state index contributed by atoms with van der Waals surface area (Å²) in [6, 6.07) is 8.08. The van der Waals surface area contributed by atoms with Crippen LogP contribution >= 0.6 is 0 Å². The van der Waals surface area contributed by atoms with Crippen LogP contribution in [0.15, 0.2) is 24.3 Å². The first-order chi connectivity index (χ1) is 10.4. The van der Waals surface area contributed by atoms with Gasteiger partial charge in [-0.05, 0) is 50.2 Å². The van der Waals surface area contributed by atoms with Crippen molar-refractivity contribution in [1.82, 2.24) is 5.32 Å². The number of benzene rings is 1. The van der Waals surface area contributed by atoms with Crippen molar-refractivity contribution in [3.05, 3.63) is 35.4 Å². The van der Waals surface area contributed by atoms with Crippen LogP contribution in [0, 0.1) is 5.92 Å². The molecule has 0 heterocycles. The normalized spacial score (nSPS) is 20.5. The molecule has 5 heteroatoms. The molecule has 1 aliphatic rings. The fourth-order valence-electron chi connectivity index (χ4n) is 2.57. The largest absolute Gasteiger partial charge is 0.444 e. The van der Waals surface area contributed by atoms with Gasteiger partial charge in [0.05, 0.1) is 6.61 Å². The number of carbonyl (C=O) groups is 1. The van der Waals surface area contributed by atoms with Gasteiger partial charge < -0.3 is 19.9 Å². The number of carbonyl (C=O) groups excluding carboxylic acids is 1. The van der Waals surface area contributed by atoms with Gasteiger partial charge in [-0.2, -0.15) is 0 Å². The zero-order valence-electron chi connectivity index (χ0n) is 13.5. The molecule has 0 bridgehead atoms. The first-order valence-corrected chi connectivity index (χ1v) is 7.64. The standard InChI is InChI=1S/C17H25NO4/c1-17(2,3)22-16(20)18-9-13-8-15(13)14-7-5-4-6-12(14)10-21-11-19/h4-7,13,15,19H,8-11H2,1-3H3,(H,18,20)/t13-,15+/m1/s1. The lowest BCUT2D eigenvalue weighted by molar-refractivity contribution is -0.0115. The minimum Gasteiger partial charge on any atom is -0.444 e. The Morgan fingerprint density at radius 1 is 1.36 bits per heavy atom. The van der Waals surface area contributed by atoms with Crippen molar-refractivity contribution in [2.24, 2.45) is 5.92 Å². The quantitative estimate of drug-likeness (QED) is 0.793. The first kappa shape index (κ1) is 16.8. The van der Waals surface area contributed by atoms with E-state index in [4.69, 9.17) is 14.6 Å². The summed E-state index contributed by atoms with van der Waals surface area (Å²) in [6.45, 7) is 6.31. The van der Waals surface area contributed by atoms with Gasteiger partial charge in [-0.25, -0.2) is 4.79 Å². The summed E-state index contributed by atoms with van der Waals surface area (Å²) in [7, 11) is 0. The molecule has 1 aromatic rings. The second kappa shape index (κ2) is 7.11. The molecule has 22 heavy (non-hydrogen) atoms. The van der Waals surface area contributed by atoms with E-state index >= 15 is 0 Å². The Morgan fingerprint density at radius 3 is 2.77 bits per heavy atom. The van der Waals surface area contributed by atoms with Crippen LogP contribution in [0.1, 0.15) is 44.2 Å². The number of hydrogen-bond donors (Lipinski definition) is 2. The summed E-state index contributed by atoms with van der Waals surface area (Å²) >= 11 is 0. The lowest BCUT2D eigenvalue weighted by Gasteiger charge is -2.19. The molecule has 2 N–H and O–H groups in total. The van der Waals surface area contributed by atoms with Gasteiger partial charge in [0.15, 0.2) is 0 Å². The maximum Gasteiger partial charge on any atom is 0.407 e. The van der Waals surface area contributed by atoms with E-state index < -0.39 is 5.60 Å². The van der Waals surface area contributed by atoms with E-state index in [-0.39, 0.29) is 12.9 Å². The van der Waals surface area contributed by atoms with E-state index in [0.717, 1.165) is 12.0 Å². The maximum atomic E-state index is 11.7. The van der Waals surface area contributed by atoms with Crippen molar-refractivity contribution in [2.45, 2.75) is 45.3 Å². The third-order valence-electron chi connectivity index (χ3n) is 3.63. The minimum absolute atomic E-state index is 0.275. The third-order valence-corrected chi connectivity index (χ3v) is 3.63. The number of amides is 1. The van der Waals surface area contributed by atoms with Gasteiger partial charge in [-0.1, -0.05) is 24.3 Å². The molecule has 0 radical (unpaired) electrons. The van der Waals surface area contributed by atoms with Gasteiger partial charge >= 0.3 is 6.09 Å². The lowest BCUT2D eigenvalue weighted by atomic mass is 10.0. The van der Waals surface area contributed by atoms with Gasteiger partial charge in [0.1, 0.15) is 12.4 Å². The molecular formula is C17H25NO4. The number of aliphatic hydroxyl groups is 1. The van der Waals surface area contributed by atoms with E-state index in [1.54, 1.807) is 0 Å². The van der Waals surface area contributed by atoms with Crippen molar-refractivity contribution in [2.75, 3.05) is 13.3 Å². The van der Waals surface area contributed by atoms with Crippen molar-refractivity contribution < 1.29 is 19.4 Å². The number of nitrogens with one attached hydrogen (secondary N) is 1. The van der Waals surface area contributed by atoms with E-state index in [9.17, 15) is 4.79 Å². The molecule has 2 atom stereocenters. The number of hydrogen-bond acceptors (Lipinski definition) is 4. The Labute approximate surface area is 131 Å². The van der Waals surface area contributed by atoms with Crippen molar-refractivity contribution in [3.8, 4) is 0 Å². The number of rotatable bonds is 6. The molecule has 1 fully saturated rings. The molecule has 1 saturated carbocycles. The fourth-order valence-corrected chi connectivity index (χ4v) is 2.57. The Bertz CT molecular complexity index is 510. The monoisotopic (exact) mass is 307 g/mol. The Morgan fingerprint density at radius 2 is 2.09 bits per heavy atom. The highest BCUT2D eigenvalue weighted by atomic mass is 16.6. The van der Waals surface area contributed by atoms with Crippen LogP contribution in [0.25, 0.3) is 0 Å². The van der Waals surface area contributed by atoms with Crippen molar-refractivity contribution in [3.63, 3.8) is 0 Å². The van der Waals surface area contributed by atoms with Crippen LogP contribution in [0.2, 0.25) is 0 Å². The van der Waals surface area contributed by atoms with Gasteiger partial charge in [0.2, 0.25) is 0 Å². The molecule has 1 aliphatic carbocycles. The summed E-state index contributed by atoms with van der Waals surface area (Å²) in [6.07, 6.45) is 0.682. The molecule has 1 aromatic carbocycles. The van der Waals surface area contributed by atoms with Gasteiger partial charge in [0.25, 0.3) is 0 Å². The van der Waals surface area contributed by atoms with Gasteiger partial charge in [-0.15, -0.1) is 0 Å². The summed E-state index contributed by atoms with van der Waals surface area (Å²) in [5.41, 5.74) is 1.87.